The lowest BCUT2D eigenvalue weighted by Crippen LogP contribution is -2.40. The van der Waals surface area contributed by atoms with Gasteiger partial charge in [0.1, 0.15) is 0 Å². The Morgan fingerprint density at radius 2 is 1.90 bits per heavy atom. The van der Waals surface area contributed by atoms with Gasteiger partial charge in [-0.1, -0.05) is 22.0 Å². The minimum Gasteiger partial charge on any atom is -0.317 e. The molecule has 0 aliphatic carbocycles. The number of halogens is 5. The summed E-state index contributed by atoms with van der Waals surface area (Å²) in [5.74, 6) is 0. The highest BCUT2D eigenvalue weighted by Gasteiger charge is 2.34. The van der Waals surface area contributed by atoms with Crippen molar-refractivity contribution in [3.05, 3.63) is 33.8 Å². The quantitative estimate of drug-likeness (QED) is 0.841. The Labute approximate surface area is 137 Å². The first-order valence-corrected chi connectivity index (χ1v) is 7.44. The number of hydrogen-bond donors (Lipinski definition) is 1. The van der Waals surface area contributed by atoms with Crippen molar-refractivity contribution in [1.29, 1.82) is 0 Å². The molecule has 1 aliphatic rings. The Kier molecular flexibility index (Phi) is 6.97. The second kappa shape index (κ2) is 7.81. The molecule has 1 aliphatic heterocycles. The van der Waals surface area contributed by atoms with Gasteiger partial charge in [-0.3, -0.25) is 4.90 Å². The fourth-order valence-electron chi connectivity index (χ4n) is 2.57. The first-order valence-electron chi connectivity index (χ1n) is 6.65. The van der Waals surface area contributed by atoms with Crippen molar-refractivity contribution >= 4 is 28.3 Å². The van der Waals surface area contributed by atoms with Crippen LogP contribution in [0.3, 0.4) is 0 Å². The van der Waals surface area contributed by atoms with Crippen molar-refractivity contribution in [2.45, 2.75) is 31.6 Å². The van der Waals surface area contributed by atoms with Crippen LogP contribution in [0.1, 0.15) is 24.0 Å². The summed E-state index contributed by atoms with van der Waals surface area (Å²) < 4.78 is 39.6. The molecule has 0 spiro atoms. The maximum Gasteiger partial charge on any atom is 0.416 e. The molecule has 1 heterocycles. The van der Waals surface area contributed by atoms with Crippen LogP contribution in [0.2, 0.25) is 0 Å². The normalized spacial score (nSPS) is 17.6. The molecule has 1 aromatic rings. The Morgan fingerprint density at radius 3 is 2.43 bits per heavy atom. The largest absolute Gasteiger partial charge is 0.416 e. The topological polar surface area (TPSA) is 15.3 Å². The third-order valence-electron chi connectivity index (χ3n) is 3.77. The van der Waals surface area contributed by atoms with E-state index >= 15 is 0 Å². The molecule has 0 saturated carbocycles. The predicted octanol–water partition coefficient (Wildman–Crippen LogP) is 4.07. The minimum absolute atomic E-state index is 0. The molecule has 0 unspecified atom stereocenters. The number of benzene rings is 1. The number of nitrogens with zero attached hydrogens (tertiary/aromatic N) is 1. The van der Waals surface area contributed by atoms with Crippen LogP contribution in [0, 0.1) is 0 Å². The Balaban J connectivity index is 0.00000220. The van der Waals surface area contributed by atoms with E-state index < -0.39 is 11.7 Å². The summed E-state index contributed by atoms with van der Waals surface area (Å²) in [6.07, 6.45) is -2.34. The molecule has 120 valence electrons. The van der Waals surface area contributed by atoms with E-state index in [2.05, 4.69) is 26.1 Å². The first kappa shape index (κ1) is 18.7. The third kappa shape index (κ3) is 5.13. The third-order valence-corrected chi connectivity index (χ3v) is 4.26. The van der Waals surface area contributed by atoms with E-state index in [9.17, 15) is 13.2 Å². The van der Waals surface area contributed by atoms with Gasteiger partial charge < -0.3 is 5.32 Å². The zero-order valence-corrected chi connectivity index (χ0v) is 14.1. The van der Waals surface area contributed by atoms with Gasteiger partial charge in [-0.05, 0) is 50.7 Å². The zero-order chi connectivity index (χ0) is 14.8. The van der Waals surface area contributed by atoms with Crippen molar-refractivity contribution in [2.75, 3.05) is 20.1 Å². The second-order valence-electron chi connectivity index (χ2n) is 5.14. The van der Waals surface area contributed by atoms with Crippen molar-refractivity contribution in [1.82, 2.24) is 10.2 Å². The van der Waals surface area contributed by atoms with E-state index in [1.807, 2.05) is 7.05 Å². The molecule has 1 saturated heterocycles. The molecule has 0 radical (unpaired) electrons. The molecular weight excluding hydrogens is 369 g/mol. The van der Waals surface area contributed by atoms with Crippen LogP contribution in [0.5, 0.6) is 0 Å². The highest BCUT2D eigenvalue weighted by atomic mass is 79.9. The smallest absolute Gasteiger partial charge is 0.317 e. The molecule has 2 rings (SSSR count). The van der Waals surface area contributed by atoms with Gasteiger partial charge in [0.2, 0.25) is 0 Å². The molecule has 0 aromatic heterocycles. The number of alkyl halides is 3. The van der Waals surface area contributed by atoms with Gasteiger partial charge in [0.25, 0.3) is 0 Å². The molecular formula is C14H19BrClF3N2. The molecule has 1 fully saturated rings. The summed E-state index contributed by atoms with van der Waals surface area (Å²) in [5, 5.41) is 3.22. The van der Waals surface area contributed by atoms with Gasteiger partial charge in [0.05, 0.1) is 5.56 Å². The van der Waals surface area contributed by atoms with E-state index in [0.717, 1.165) is 32.0 Å². The average Bonchev–Trinajstić information content (AvgIpc) is 2.40. The lowest BCUT2D eigenvalue weighted by Gasteiger charge is -2.32. The summed E-state index contributed by atoms with van der Waals surface area (Å²) in [5.41, 5.74) is -0.189. The van der Waals surface area contributed by atoms with Gasteiger partial charge in [-0.25, -0.2) is 0 Å². The maximum absolute atomic E-state index is 13.0. The zero-order valence-electron chi connectivity index (χ0n) is 11.7. The first-order chi connectivity index (χ1) is 9.40. The van der Waals surface area contributed by atoms with Crippen molar-refractivity contribution in [3.63, 3.8) is 0 Å². The van der Waals surface area contributed by atoms with Crippen LogP contribution >= 0.6 is 28.3 Å². The Morgan fingerprint density at radius 1 is 1.29 bits per heavy atom. The lowest BCUT2D eigenvalue weighted by atomic mass is 10.0. The van der Waals surface area contributed by atoms with Gasteiger partial charge >= 0.3 is 6.18 Å². The van der Waals surface area contributed by atoms with Crippen molar-refractivity contribution in [2.24, 2.45) is 0 Å². The fraction of sp³-hybridized carbons (Fsp3) is 0.571. The molecule has 0 bridgehead atoms. The molecule has 0 atom stereocenters. The standard InChI is InChI=1S/C14H18BrF3N2.ClH/c1-19-12-4-6-20(7-5-12)9-10-2-3-11(15)8-13(10)14(16,17)18;/h2-3,8,12,19H,4-7,9H2,1H3;1H. The van der Waals surface area contributed by atoms with E-state index in [1.165, 1.54) is 0 Å². The van der Waals surface area contributed by atoms with Crippen LogP contribution in [0.4, 0.5) is 13.2 Å². The summed E-state index contributed by atoms with van der Waals surface area (Å²) in [6.45, 7) is 2.02. The summed E-state index contributed by atoms with van der Waals surface area (Å²) in [7, 11) is 1.93. The Hall–Kier alpha value is -0.300. The van der Waals surface area contributed by atoms with E-state index in [1.54, 1.807) is 12.1 Å². The molecule has 21 heavy (non-hydrogen) atoms. The maximum atomic E-state index is 13.0. The molecule has 1 aromatic carbocycles. The van der Waals surface area contributed by atoms with Gasteiger partial charge in [-0.2, -0.15) is 13.2 Å². The van der Waals surface area contributed by atoms with E-state index in [4.69, 9.17) is 0 Å². The monoisotopic (exact) mass is 386 g/mol. The number of likely N-dealkylation sites (tertiary alicyclic amines) is 1. The lowest BCUT2D eigenvalue weighted by molar-refractivity contribution is -0.138. The van der Waals surface area contributed by atoms with Gasteiger partial charge in [-0.15, -0.1) is 12.4 Å². The van der Waals surface area contributed by atoms with Gasteiger partial charge in [0, 0.05) is 17.1 Å². The van der Waals surface area contributed by atoms with Crippen LogP contribution in [0.25, 0.3) is 0 Å². The molecule has 0 amide bonds. The number of piperidine rings is 1. The summed E-state index contributed by atoms with van der Waals surface area (Å²) in [6, 6.07) is 4.88. The summed E-state index contributed by atoms with van der Waals surface area (Å²) >= 11 is 3.11. The van der Waals surface area contributed by atoms with Crippen LogP contribution < -0.4 is 5.32 Å². The van der Waals surface area contributed by atoms with Crippen LogP contribution in [-0.4, -0.2) is 31.1 Å². The molecule has 2 nitrogen and oxygen atoms in total. The SMILES string of the molecule is CNC1CCN(Cc2ccc(Br)cc2C(F)(F)F)CC1.Cl. The number of rotatable bonds is 3. The van der Waals surface area contributed by atoms with E-state index in [0.29, 0.717) is 22.6 Å². The second-order valence-corrected chi connectivity index (χ2v) is 6.05. The number of hydrogen-bond acceptors (Lipinski definition) is 2. The van der Waals surface area contributed by atoms with Crippen LogP contribution in [-0.2, 0) is 12.7 Å². The fourth-order valence-corrected chi connectivity index (χ4v) is 2.93. The predicted molar refractivity (Wildman–Crippen MR) is 83.8 cm³/mol. The van der Waals surface area contributed by atoms with E-state index in [-0.39, 0.29) is 12.4 Å². The Bertz CT molecular complexity index is 460. The van der Waals surface area contributed by atoms with Crippen molar-refractivity contribution < 1.29 is 13.2 Å². The van der Waals surface area contributed by atoms with Gasteiger partial charge in [0.15, 0.2) is 0 Å². The summed E-state index contributed by atoms with van der Waals surface area (Å²) in [4.78, 5) is 2.09. The average molecular weight is 388 g/mol. The molecule has 1 N–H and O–H groups in total. The van der Waals surface area contributed by atoms with Crippen LogP contribution in [0.15, 0.2) is 22.7 Å². The molecule has 7 heteroatoms. The minimum atomic E-state index is -4.30. The highest BCUT2D eigenvalue weighted by molar-refractivity contribution is 9.10. The van der Waals surface area contributed by atoms with Crippen molar-refractivity contribution in [3.8, 4) is 0 Å². The highest BCUT2D eigenvalue weighted by Crippen LogP contribution is 2.34. The number of nitrogens with one attached hydrogen (secondary N) is 1.